The fourth-order valence-corrected chi connectivity index (χ4v) is 3.52. The van der Waals surface area contributed by atoms with E-state index in [2.05, 4.69) is 20.8 Å². The van der Waals surface area contributed by atoms with Gasteiger partial charge in [-0.05, 0) is 54.8 Å². The minimum absolute atomic E-state index is 0.0944. The van der Waals surface area contributed by atoms with Crippen molar-refractivity contribution in [3.05, 3.63) is 35.2 Å². The number of nitrogens with zero attached hydrogens (tertiary/aromatic N) is 3. The van der Waals surface area contributed by atoms with Crippen LogP contribution in [0.5, 0.6) is 0 Å². The third-order valence-electron chi connectivity index (χ3n) is 3.77. The summed E-state index contributed by atoms with van der Waals surface area (Å²) >= 11 is 1.66. The first-order valence-electron chi connectivity index (χ1n) is 7.08. The normalized spacial score (nSPS) is 14.9. The van der Waals surface area contributed by atoms with Gasteiger partial charge in [0.05, 0.1) is 6.61 Å². The molecule has 5 heteroatoms. The van der Waals surface area contributed by atoms with E-state index < -0.39 is 0 Å². The van der Waals surface area contributed by atoms with Gasteiger partial charge in [0.15, 0.2) is 5.16 Å². The molecule has 0 bridgehead atoms. The summed E-state index contributed by atoms with van der Waals surface area (Å²) in [6.45, 7) is 3.15. The molecule has 1 aliphatic rings. The molecule has 1 aromatic heterocycles. The maximum absolute atomic E-state index is 9.22. The summed E-state index contributed by atoms with van der Waals surface area (Å²) in [5.74, 6) is 1.12. The molecule has 2 aromatic rings. The second-order valence-electron chi connectivity index (χ2n) is 5.21. The first kappa shape index (κ1) is 13.6. The van der Waals surface area contributed by atoms with Crippen LogP contribution in [-0.2, 0) is 19.6 Å². The summed E-state index contributed by atoms with van der Waals surface area (Å²) < 4.78 is 2.26. The molecule has 2 heterocycles. The lowest BCUT2D eigenvalue weighted by Gasteiger charge is -2.08. The molecular formula is C15H19N3OS. The minimum Gasteiger partial charge on any atom is -0.392 e. The van der Waals surface area contributed by atoms with Crippen molar-refractivity contribution in [2.45, 2.75) is 55.8 Å². The molecule has 0 unspecified atom stereocenters. The maximum Gasteiger partial charge on any atom is 0.196 e. The Labute approximate surface area is 123 Å². The molecule has 0 fully saturated rings. The highest BCUT2D eigenvalue weighted by molar-refractivity contribution is 7.99. The van der Waals surface area contributed by atoms with E-state index >= 15 is 0 Å². The highest BCUT2D eigenvalue weighted by atomic mass is 32.2. The largest absolute Gasteiger partial charge is 0.392 e. The zero-order valence-corrected chi connectivity index (χ0v) is 12.5. The van der Waals surface area contributed by atoms with E-state index in [1.165, 1.54) is 19.3 Å². The fourth-order valence-electron chi connectivity index (χ4n) is 2.55. The SMILES string of the molecule is Cc1cc(Sc2nnc3n2CCCCC3)ccc1CO. The van der Waals surface area contributed by atoms with Crippen molar-refractivity contribution in [3.63, 3.8) is 0 Å². The van der Waals surface area contributed by atoms with Crippen molar-refractivity contribution in [1.82, 2.24) is 14.8 Å². The zero-order valence-electron chi connectivity index (χ0n) is 11.7. The van der Waals surface area contributed by atoms with Gasteiger partial charge in [0.1, 0.15) is 5.82 Å². The van der Waals surface area contributed by atoms with Gasteiger partial charge in [0.2, 0.25) is 0 Å². The Morgan fingerprint density at radius 3 is 2.95 bits per heavy atom. The lowest BCUT2D eigenvalue weighted by Crippen LogP contribution is -2.02. The van der Waals surface area contributed by atoms with E-state index in [4.69, 9.17) is 0 Å². The van der Waals surface area contributed by atoms with Crippen LogP contribution in [0.1, 0.15) is 36.2 Å². The van der Waals surface area contributed by atoms with Gasteiger partial charge in [-0.3, -0.25) is 0 Å². The second kappa shape index (κ2) is 5.97. The van der Waals surface area contributed by atoms with Gasteiger partial charge in [0, 0.05) is 17.9 Å². The van der Waals surface area contributed by atoms with Crippen molar-refractivity contribution < 1.29 is 5.11 Å². The van der Waals surface area contributed by atoms with Crippen molar-refractivity contribution >= 4 is 11.8 Å². The van der Waals surface area contributed by atoms with Crippen LogP contribution >= 0.6 is 11.8 Å². The van der Waals surface area contributed by atoms with Crippen LogP contribution in [0.2, 0.25) is 0 Å². The average Bonchev–Trinajstić information content (AvgIpc) is 2.68. The van der Waals surface area contributed by atoms with Crippen molar-refractivity contribution in [2.24, 2.45) is 0 Å². The van der Waals surface area contributed by atoms with Crippen LogP contribution in [0.4, 0.5) is 0 Å². The van der Waals surface area contributed by atoms with Gasteiger partial charge in [-0.2, -0.15) is 0 Å². The lowest BCUT2D eigenvalue weighted by atomic mass is 10.1. The quantitative estimate of drug-likeness (QED) is 0.944. The van der Waals surface area contributed by atoms with Gasteiger partial charge < -0.3 is 9.67 Å². The zero-order chi connectivity index (χ0) is 13.9. The van der Waals surface area contributed by atoms with Crippen LogP contribution < -0.4 is 0 Å². The van der Waals surface area contributed by atoms with Gasteiger partial charge in [-0.1, -0.05) is 12.5 Å². The summed E-state index contributed by atoms with van der Waals surface area (Å²) in [7, 11) is 0. The smallest absolute Gasteiger partial charge is 0.196 e. The Kier molecular flexibility index (Phi) is 4.08. The summed E-state index contributed by atoms with van der Waals surface area (Å²) in [5, 5.41) is 18.9. The predicted molar refractivity (Wildman–Crippen MR) is 78.8 cm³/mol. The summed E-state index contributed by atoms with van der Waals surface area (Å²) in [5.41, 5.74) is 2.10. The van der Waals surface area contributed by atoms with Gasteiger partial charge in [-0.15, -0.1) is 10.2 Å². The van der Waals surface area contributed by atoms with Gasteiger partial charge in [-0.25, -0.2) is 0 Å². The van der Waals surface area contributed by atoms with Crippen molar-refractivity contribution in [2.75, 3.05) is 0 Å². The van der Waals surface area contributed by atoms with E-state index in [1.807, 2.05) is 19.1 Å². The molecule has 0 aliphatic carbocycles. The number of hydrogen-bond acceptors (Lipinski definition) is 4. The molecule has 106 valence electrons. The Morgan fingerprint density at radius 2 is 2.15 bits per heavy atom. The average molecular weight is 289 g/mol. The fraction of sp³-hybridized carbons (Fsp3) is 0.467. The number of aliphatic hydroxyl groups is 1. The Hall–Kier alpha value is -1.33. The standard InChI is InChI=1S/C15H19N3OS/c1-11-9-13(7-6-12(11)10-19)20-15-17-16-14-5-3-2-4-8-18(14)15/h6-7,9,19H,2-5,8,10H2,1H3. The molecule has 1 N–H and O–H groups in total. The van der Waals surface area contributed by atoms with Crippen LogP contribution in [0, 0.1) is 6.92 Å². The van der Waals surface area contributed by atoms with E-state index in [0.29, 0.717) is 0 Å². The minimum atomic E-state index is 0.0944. The molecule has 0 atom stereocenters. The Morgan fingerprint density at radius 1 is 1.25 bits per heavy atom. The third kappa shape index (κ3) is 2.74. The number of aryl methyl sites for hydroxylation is 2. The number of aromatic nitrogens is 3. The molecule has 0 radical (unpaired) electrons. The number of aliphatic hydroxyl groups excluding tert-OH is 1. The number of fused-ring (bicyclic) bond motifs is 1. The molecule has 0 saturated heterocycles. The molecule has 0 saturated carbocycles. The molecular weight excluding hydrogens is 270 g/mol. The number of hydrogen-bond donors (Lipinski definition) is 1. The van der Waals surface area contributed by atoms with Crippen molar-refractivity contribution in [1.29, 1.82) is 0 Å². The monoisotopic (exact) mass is 289 g/mol. The Balaban J connectivity index is 1.84. The van der Waals surface area contributed by atoms with Crippen LogP contribution in [0.3, 0.4) is 0 Å². The van der Waals surface area contributed by atoms with E-state index in [9.17, 15) is 5.11 Å². The topological polar surface area (TPSA) is 50.9 Å². The summed E-state index contributed by atoms with van der Waals surface area (Å²) in [6, 6.07) is 6.13. The van der Waals surface area contributed by atoms with E-state index in [0.717, 1.165) is 40.0 Å². The highest BCUT2D eigenvalue weighted by Crippen LogP contribution is 2.29. The molecule has 1 aliphatic heterocycles. The molecule has 0 amide bonds. The highest BCUT2D eigenvalue weighted by Gasteiger charge is 2.15. The molecule has 4 nitrogen and oxygen atoms in total. The van der Waals surface area contributed by atoms with E-state index in [-0.39, 0.29) is 6.61 Å². The lowest BCUT2D eigenvalue weighted by molar-refractivity contribution is 0.281. The Bertz CT molecular complexity index is 609. The second-order valence-corrected chi connectivity index (χ2v) is 6.25. The van der Waals surface area contributed by atoms with Crippen molar-refractivity contribution in [3.8, 4) is 0 Å². The summed E-state index contributed by atoms with van der Waals surface area (Å²) in [6.07, 6.45) is 4.74. The molecule has 0 spiro atoms. The number of benzene rings is 1. The van der Waals surface area contributed by atoms with Gasteiger partial charge >= 0.3 is 0 Å². The third-order valence-corrected chi connectivity index (χ3v) is 4.74. The maximum atomic E-state index is 9.22. The van der Waals surface area contributed by atoms with Crippen LogP contribution in [0.25, 0.3) is 0 Å². The van der Waals surface area contributed by atoms with Crippen LogP contribution in [-0.4, -0.2) is 19.9 Å². The number of rotatable bonds is 3. The van der Waals surface area contributed by atoms with Crippen LogP contribution in [0.15, 0.2) is 28.3 Å². The predicted octanol–water partition coefficient (Wildman–Crippen LogP) is 2.96. The van der Waals surface area contributed by atoms with E-state index in [1.54, 1.807) is 11.8 Å². The molecule has 20 heavy (non-hydrogen) atoms. The first-order chi connectivity index (χ1) is 9.78. The van der Waals surface area contributed by atoms with Gasteiger partial charge in [0.25, 0.3) is 0 Å². The molecule has 3 rings (SSSR count). The molecule has 1 aromatic carbocycles. The first-order valence-corrected chi connectivity index (χ1v) is 7.90. The summed E-state index contributed by atoms with van der Waals surface area (Å²) in [4.78, 5) is 1.15.